The fourth-order valence-corrected chi connectivity index (χ4v) is 2.79. The minimum absolute atomic E-state index is 0.195. The molecule has 1 fully saturated rings. The van der Waals surface area contributed by atoms with Gasteiger partial charge >= 0.3 is 0 Å². The van der Waals surface area contributed by atoms with Gasteiger partial charge in [-0.05, 0) is 25.0 Å². The van der Waals surface area contributed by atoms with E-state index in [2.05, 4.69) is 11.4 Å². The molecule has 18 heavy (non-hydrogen) atoms. The van der Waals surface area contributed by atoms with Gasteiger partial charge in [-0.25, -0.2) is 0 Å². The molecule has 0 radical (unpaired) electrons. The van der Waals surface area contributed by atoms with Gasteiger partial charge in [0.1, 0.15) is 6.07 Å². The molecule has 0 saturated heterocycles. The van der Waals surface area contributed by atoms with Gasteiger partial charge in [-0.3, -0.25) is 0 Å². The van der Waals surface area contributed by atoms with Gasteiger partial charge in [0, 0.05) is 18.6 Å². The second-order valence-electron chi connectivity index (χ2n) is 4.75. The summed E-state index contributed by atoms with van der Waals surface area (Å²) in [6, 6.07) is 7.78. The number of halogens is 1. The third kappa shape index (κ3) is 2.77. The lowest BCUT2D eigenvalue weighted by Crippen LogP contribution is -2.34. The molecule has 0 heterocycles. The van der Waals surface area contributed by atoms with Gasteiger partial charge < -0.3 is 10.4 Å². The summed E-state index contributed by atoms with van der Waals surface area (Å²) in [5.41, 5.74) is 1.26. The summed E-state index contributed by atoms with van der Waals surface area (Å²) in [4.78, 5) is 0. The summed E-state index contributed by atoms with van der Waals surface area (Å²) in [7, 11) is 0. The van der Waals surface area contributed by atoms with Crippen LogP contribution in [0.2, 0.25) is 5.02 Å². The lowest BCUT2D eigenvalue weighted by molar-refractivity contribution is 0.178. The highest BCUT2D eigenvalue weighted by molar-refractivity contribution is 6.32. The lowest BCUT2D eigenvalue weighted by atomic mass is 9.85. The van der Waals surface area contributed by atoms with E-state index in [-0.39, 0.29) is 18.6 Å². The summed E-state index contributed by atoms with van der Waals surface area (Å²) in [5.74, 6) is 0.268. The second-order valence-corrected chi connectivity index (χ2v) is 5.16. The van der Waals surface area contributed by atoms with E-state index in [1.807, 2.05) is 12.1 Å². The van der Waals surface area contributed by atoms with E-state index < -0.39 is 0 Å². The number of benzene rings is 1. The van der Waals surface area contributed by atoms with Crippen LogP contribution >= 0.6 is 11.6 Å². The molecular formula is C14H17ClN2O. The average Bonchev–Trinajstić information content (AvgIpc) is 2.40. The Morgan fingerprint density at radius 2 is 2.17 bits per heavy atom. The first-order chi connectivity index (χ1) is 8.76. The Balaban J connectivity index is 2.18. The molecule has 96 valence electrons. The number of aliphatic hydroxyl groups excluding tert-OH is 1. The van der Waals surface area contributed by atoms with Crippen molar-refractivity contribution in [1.82, 2.24) is 0 Å². The van der Waals surface area contributed by atoms with Gasteiger partial charge in [-0.1, -0.05) is 30.5 Å². The number of nitriles is 1. The van der Waals surface area contributed by atoms with Gasteiger partial charge in [0.2, 0.25) is 0 Å². The van der Waals surface area contributed by atoms with Crippen molar-refractivity contribution in [2.24, 2.45) is 5.92 Å². The molecule has 0 aliphatic heterocycles. The van der Waals surface area contributed by atoms with E-state index in [9.17, 15) is 5.11 Å². The van der Waals surface area contributed by atoms with Gasteiger partial charge in [-0.15, -0.1) is 0 Å². The highest BCUT2D eigenvalue weighted by atomic mass is 35.5. The minimum atomic E-state index is 0.195. The molecule has 4 heteroatoms. The smallest absolute Gasteiger partial charge is 0.103 e. The van der Waals surface area contributed by atoms with Crippen LogP contribution in [0.25, 0.3) is 0 Å². The van der Waals surface area contributed by atoms with Crippen molar-refractivity contribution in [1.29, 1.82) is 5.26 Å². The predicted molar refractivity (Wildman–Crippen MR) is 72.6 cm³/mol. The quantitative estimate of drug-likeness (QED) is 0.882. The van der Waals surface area contributed by atoms with Crippen LogP contribution in [0.4, 0.5) is 5.69 Å². The molecule has 2 unspecified atom stereocenters. The molecule has 0 aromatic heterocycles. The van der Waals surface area contributed by atoms with Crippen molar-refractivity contribution in [3.63, 3.8) is 0 Å². The van der Waals surface area contributed by atoms with E-state index in [0.29, 0.717) is 10.6 Å². The topological polar surface area (TPSA) is 56.0 Å². The zero-order valence-electron chi connectivity index (χ0n) is 10.2. The number of hydrogen-bond donors (Lipinski definition) is 2. The van der Waals surface area contributed by atoms with Crippen LogP contribution in [-0.2, 0) is 0 Å². The maximum Gasteiger partial charge on any atom is 0.103 e. The summed E-state index contributed by atoms with van der Waals surface area (Å²) < 4.78 is 0. The molecule has 1 aromatic rings. The van der Waals surface area contributed by atoms with Crippen LogP contribution in [0.15, 0.2) is 18.2 Å². The highest BCUT2D eigenvalue weighted by Crippen LogP contribution is 2.30. The molecule has 1 aliphatic rings. The van der Waals surface area contributed by atoms with Gasteiger partial charge in [0.15, 0.2) is 0 Å². The summed E-state index contributed by atoms with van der Waals surface area (Å²) in [6.07, 6.45) is 4.40. The van der Waals surface area contributed by atoms with E-state index in [1.165, 1.54) is 6.42 Å². The maximum atomic E-state index is 9.39. The number of hydrogen-bond acceptors (Lipinski definition) is 3. The normalized spacial score (nSPS) is 23.4. The number of nitrogens with zero attached hydrogens (tertiary/aromatic N) is 1. The summed E-state index contributed by atoms with van der Waals surface area (Å²) in [5, 5.41) is 22.4. The van der Waals surface area contributed by atoms with Crippen LogP contribution in [0, 0.1) is 17.2 Å². The summed E-state index contributed by atoms with van der Waals surface area (Å²) >= 11 is 6.01. The Kier molecular flexibility index (Phi) is 4.46. The third-order valence-corrected chi connectivity index (χ3v) is 3.92. The van der Waals surface area contributed by atoms with Gasteiger partial charge in [0.05, 0.1) is 16.3 Å². The Morgan fingerprint density at radius 1 is 1.39 bits per heavy atom. The molecule has 1 aromatic carbocycles. The largest absolute Gasteiger partial charge is 0.396 e. The molecular weight excluding hydrogens is 248 g/mol. The molecule has 2 N–H and O–H groups in total. The molecule has 3 nitrogen and oxygen atoms in total. The standard InChI is InChI=1S/C14H17ClN2O/c15-12-5-3-7-14(11(12)8-16)17-13-6-2-1-4-10(13)9-18/h3,5,7,10,13,17-18H,1-2,4,6,9H2. The van der Waals surface area contributed by atoms with Crippen molar-refractivity contribution in [2.75, 3.05) is 11.9 Å². The lowest BCUT2D eigenvalue weighted by Gasteiger charge is -2.32. The molecule has 0 bridgehead atoms. The Morgan fingerprint density at radius 3 is 2.89 bits per heavy atom. The molecule has 2 atom stereocenters. The van der Waals surface area contributed by atoms with Crippen molar-refractivity contribution >= 4 is 17.3 Å². The van der Waals surface area contributed by atoms with Gasteiger partial charge in [-0.2, -0.15) is 5.26 Å². The SMILES string of the molecule is N#Cc1c(Cl)cccc1NC1CCCCC1CO. The Labute approximate surface area is 112 Å². The molecule has 2 rings (SSSR count). The van der Waals surface area contributed by atoms with Crippen molar-refractivity contribution < 1.29 is 5.11 Å². The first kappa shape index (κ1) is 13.2. The summed E-state index contributed by atoms with van der Waals surface area (Å²) in [6.45, 7) is 0.195. The third-order valence-electron chi connectivity index (χ3n) is 3.61. The van der Waals surface area contributed by atoms with Crippen LogP contribution in [-0.4, -0.2) is 17.8 Å². The van der Waals surface area contributed by atoms with Gasteiger partial charge in [0.25, 0.3) is 0 Å². The van der Waals surface area contributed by atoms with Crippen LogP contribution in [0.3, 0.4) is 0 Å². The van der Waals surface area contributed by atoms with E-state index in [1.54, 1.807) is 6.07 Å². The Hall–Kier alpha value is -1.24. The van der Waals surface area contributed by atoms with E-state index in [4.69, 9.17) is 16.9 Å². The number of rotatable bonds is 3. The highest BCUT2D eigenvalue weighted by Gasteiger charge is 2.25. The van der Waals surface area contributed by atoms with E-state index in [0.717, 1.165) is 24.9 Å². The second kappa shape index (κ2) is 6.08. The van der Waals surface area contributed by atoms with E-state index >= 15 is 0 Å². The minimum Gasteiger partial charge on any atom is -0.396 e. The zero-order valence-corrected chi connectivity index (χ0v) is 11.0. The zero-order chi connectivity index (χ0) is 13.0. The first-order valence-corrected chi connectivity index (χ1v) is 6.70. The number of anilines is 1. The monoisotopic (exact) mass is 264 g/mol. The molecule has 0 spiro atoms. The average molecular weight is 265 g/mol. The fourth-order valence-electron chi connectivity index (χ4n) is 2.57. The maximum absolute atomic E-state index is 9.39. The number of aliphatic hydroxyl groups is 1. The molecule has 1 aliphatic carbocycles. The Bertz CT molecular complexity index is 456. The number of nitrogens with one attached hydrogen (secondary N) is 1. The van der Waals surface area contributed by atoms with Crippen LogP contribution < -0.4 is 5.32 Å². The fraction of sp³-hybridized carbons (Fsp3) is 0.500. The van der Waals surface area contributed by atoms with Crippen molar-refractivity contribution in [2.45, 2.75) is 31.7 Å². The predicted octanol–water partition coefficient (Wildman–Crippen LogP) is 3.17. The first-order valence-electron chi connectivity index (χ1n) is 6.32. The molecule has 1 saturated carbocycles. The van der Waals surface area contributed by atoms with Crippen molar-refractivity contribution in [3.05, 3.63) is 28.8 Å². The van der Waals surface area contributed by atoms with Crippen molar-refractivity contribution in [3.8, 4) is 6.07 Å². The molecule has 0 amide bonds. The van der Waals surface area contributed by atoms with Crippen LogP contribution in [0.1, 0.15) is 31.2 Å². The van der Waals surface area contributed by atoms with Crippen LogP contribution in [0.5, 0.6) is 0 Å².